The van der Waals surface area contributed by atoms with Gasteiger partial charge in [0.2, 0.25) is 11.8 Å². The van der Waals surface area contributed by atoms with Crippen molar-refractivity contribution < 1.29 is 29.0 Å². The highest BCUT2D eigenvalue weighted by Crippen LogP contribution is 2.55. The van der Waals surface area contributed by atoms with Crippen molar-refractivity contribution in [3.63, 3.8) is 0 Å². The number of amides is 3. The van der Waals surface area contributed by atoms with Gasteiger partial charge in [-0.2, -0.15) is 0 Å². The lowest BCUT2D eigenvalue weighted by molar-refractivity contribution is -0.147. The zero-order valence-corrected chi connectivity index (χ0v) is 31.5. The first kappa shape index (κ1) is 37.3. The fraction of sp³-hybridized carbons (Fsp3) is 0.524. The molecule has 2 aromatic rings. The van der Waals surface area contributed by atoms with Crippen LogP contribution >= 0.6 is 0 Å². The molecule has 3 aliphatic heterocycles. The number of ether oxygens (including phenoxy) is 1. The van der Waals surface area contributed by atoms with E-state index in [9.17, 15) is 24.3 Å². The molecule has 2 fully saturated rings. The minimum atomic E-state index is -1.22. The standard InChI is InChI=1S/C42H54N4O6/c1-38(2,3)52-37(51)46-23-10-19-42(43,28-46)36(50)44-25-21-41(22-26-44,31-11-8-7-9-12-31)35(49)45-24-18-33-39(4,5)32(17-20-40(33,6)27-45)29-13-15-30(16-14-29)34(47)48/h7-9,11-18H,10,19-28,43H2,1-6H3,(H,47,48)/t40-,42?/m1/s1. The summed E-state index contributed by atoms with van der Waals surface area (Å²) in [4.78, 5) is 58.7. The highest BCUT2D eigenvalue weighted by Gasteiger charge is 2.52. The number of fused-ring (bicyclic) bond motifs is 1. The maximum atomic E-state index is 14.9. The van der Waals surface area contributed by atoms with E-state index < -0.39 is 28.6 Å². The van der Waals surface area contributed by atoms with Crippen LogP contribution in [0.15, 0.2) is 72.3 Å². The summed E-state index contributed by atoms with van der Waals surface area (Å²) >= 11 is 0. The maximum Gasteiger partial charge on any atom is 0.410 e. The van der Waals surface area contributed by atoms with Crippen LogP contribution in [0.25, 0.3) is 5.57 Å². The molecule has 10 nitrogen and oxygen atoms in total. The Morgan fingerprint density at radius 1 is 0.788 bits per heavy atom. The summed E-state index contributed by atoms with van der Waals surface area (Å²) in [6.07, 6.45) is 6.81. The van der Waals surface area contributed by atoms with Crippen molar-refractivity contribution in [3.05, 3.63) is 89.0 Å². The van der Waals surface area contributed by atoms with Crippen molar-refractivity contribution in [3.8, 4) is 0 Å². The Morgan fingerprint density at radius 3 is 2.06 bits per heavy atom. The number of rotatable bonds is 5. The number of piperidine rings is 2. The molecular weight excluding hydrogens is 656 g/mol. The van der Waals surface area contributed by atoms with Gasteiger partial charge >= 0.3 is 12.1 Å². The van der Waals surface area contributed by atoms with E-state index in [2.05, 4.69) is 32.9 Å². The van der Waals surface area contributed by atoms with E-state index >= 15 is 0 Å². The molecule has 0 spiro atoms. The molecule has 2 saturated heterocycles. The Balaban J connectivity index is 1.20. The Morgan fingerprint density at radius 2 is 1.44 bits per heavy atom. The largest absolute Gasteiger partial charge is 0.478 e. The van der Waals surface area contributed by atoms with Gasteiger partial charge in [0.1, 0.15) is 11.1 Å². The number of carboxylic acid groups (broad SMARTS) is 1. The van der Waals surface area contributed by atoms with Crippen LogP contribution in [-0.4, -0.2) is 94.1 Å². The lowest BCUT2D eigenvalue weighted by Crippen LogP contribution is -2.66. The predicted octanol–water partition coefficient (Wildman–Crippen LogP) is 6.26. The first-order valence-electron chi connectivity index (χ1n) is 18.6. The predicted molar refractivity (Wildman–Crippen MR) is 200 cm³/mol. The number of aromatic carboxylic acids is 1. The van der Waals surface area contributed by atoms with Gasteiger partial charge in [-0.05, 0) is 81.7 Å². The molecule has 1 unspecified atom stereocenters. The summed E-state index contributed by atoms with van der Waals surface area (Å²) in [5.41, 5.74) is 8.22. The van der Waals surface area contributed by atoms with Crippen molar-refractivity contribution in [1.29, 1.82) is 0 Å². The van der Waals surface area contributed by atoms with Gasteiger partial charge in [0.15, 0.2) is 0 Å². The van der Waals surface area contributed by atoms with E-state index in [-0.39, 0.29) is 34.8 Å². The second kappa shape index (κ2) is 13.5. The second-order valence-electron chi connectivity index (χ2n) is 17.1. The monoisotopic (exact) mass is 710 g/mol. The van der Waals surface area contributed by atoms with E-state index in [1.165, 1.54) is 5.57 Å². The fourth-order valence-electron chi connectivity index (χ4n) is 9.19. The second-order valence-corrected chi connectivity index (χ2v) is 17.1. The molecule has 3 N–H and O–H groups in total. The van der Waals surface area contributed by atoms with Gasteiger partial charge in [-0.25, -0.2) is 9.59 Å². The minimum Gasteiger partial charge on any atom is -0.478 e. The van der Waals surface area contributed by atoms with Gasteiger partial charge in [-0.15, -0.1) is 0 Å². The Hall–Kier alpha value is -4.44. The van der Waals surface area contributed by atoms with Gasteiger partial charge < -0.3 is 30.3 Å². The number of likely N-dealkylation sites (tertiary alicyclic amines) is 2. The number of benzene rings is 2. The number of carbonyl (C=O) groups is 4. The average molecular weight is 711 g/mol. The van der Waals surface area contributed by atoms with Crippen LogP contribution in [0.5, 0.6) is 0 Å². The minimum absolute atomic E-state index is 0.0791. The van der Waals surface area contributed by atoms with Crippen molar-refractivity contribution in [2.45, 2.75) is 90.2 Å². The van der Waals surface area contributed by atoms with Crippen LogP contribution in [0.1, 0.15) is 95.1 Å². The third-order valence-corrected chi connectivity index (χ3v) is 11.8. The zero-order chi connectivity index (χ0) is 37.7. The summed E-state index contributed by atoms with van der Waals surface area (Å²) in [5, 5.41) is 9.39. The topological polar surface area (TPSA) is 133 Å². The molecule has 2 atom stereocenters. The first-order valence-corrected chi connectivity index (χ1v) is 18.6. The van der Waals surface area contributed by atoms with E-state index in [4.69, 9.17) is 10.5 Å². The molecule has 4 aliphatic rings. The molecule has 0 radical (unpaired) electrons. The van der Waals surface area contributed by atoms with Crippen LogP contribution in [-0.2, 0) is 19.7 Å². The number of nitrogens with zero attached hydrogens (tertiary/aromatic N) is 3. The third kappa shape index (κ3) is 6.89. The summed E-state index contributed by atoms with van der Waals surface area (Å²) < 4.78 is 5.58. The summed E-state index contributed by atoms with van der Waals surface area (Å²) in [7, 11) is 0. The number of hydrogen-bond acceptors (Lipinski definition) is 6. The molecule has 3 amide bonds. The van der Waals surface area contributed by atoms with Crippen molar-refractivity contribution in [1.82, 2.24) is 14.7 Å². The van der Waals surface area contributed by atoms with E-state index in [1.54, 1.807) is 21.9 Å². The number of carboxylic acids is 1. The van der Waals surface area contributed by atoms with Crippen LogP contribution in [0, 0.1) is 10.8 Å². The normalized spacial score (nSPS) is 25.7. The van der Waals surface area contributed by atoms with E-state index in [0.717, 1.165) is 23.1 Å². The van der Waals surface area contributed by atoms with E-state index in [1.807, 2.05) is 68.1 Å². The van der Waals surface area contributed by atoms with Gasteiger partial charge in [0, 0.05) is 43.6 Å². The van der Waals surface area contributed by atoms with Crippen molar-refractivity contribution in [2.75, 3.05) is 39.3 Å². The number of hydrogen-bond donors (Lipinski definition) is 2. The molecule has 2 aromatic carbocycles. The lowest BCUT2D eigenvalue weighted by atomic mass is 9.58. The first-order chi connectivity index (χ1) is 24.4. The average Bonchev–Trinajstić information content (AvgIpc) is 3.10. The molecule has 0 bridgehead atoms. The molecular formula is C42H54N4O6. The molecule has 278 valence electrons. The Labute approximate surface area is 307 Å². The van der Waals surface area contributed by atoms with Gasteiger partial charge in [-0.3, -0.25) is 9.59 Å². The zero-order valence-electron chi connectivity index (χ0n) is 31.5. The molecule has 3 heterocycles. The Kier molecular flexibility index (Phi) is 9.70. The summed E-state index contributed by atoms with van der Waals surface area (Å²) in [6.45, 7) is 14.5. The van der Waals surface area contributed by atoms with Crippen LogP contribution < -0.4 is 5.73 Å². The van der Waals surface area contributed by atoms with E-state index in [0.29, 0.717) is 58.4 Å². The Bertz CT molecular complexity index is 1780. The fourth-order valence-corrected chi connectivity index (χ4v) is 9.19. The van der Waals surface area contributed by atoms with Gasteiger partial charge in [-0.1, -0.05) is 81.0 Å². The smallest absolute Gasteiger partial charge is 0.410 e. The summed E-state index contributed by atoms with van der Waals surface area (Å²) in [6, 6.07) is 17.0. The molecule has 6 rings (SSSR count). The molecule has 10 heteroatoms. The molecule has 0 saturated carbocycles. The van der Waals surface area contributed by atoms with Crippen molar-refractivity contribution in [2.24, 2.45) is 16.6 Å². The quantitative estimate of drug-likeness (QED) is 0.350. The number of carbonyl (C=O) groups excluding carboxylic acids is 3. The maximum absolute atomic E-state index is 14.9. The number of allylic oxidation sites excluding steroid dienone is 2. The van der Waals surface area contributed by atoms with Crippen molar-refractivity contribution >= 4 is 29.5 Å². The van der Waals surface area contributed by atoms with Gasteiger partial charge in [0.25, 0.3) is 0 Å². The van der Waals surface area contributed by atoms with Crippen LogP contribution in [0.3, 0.4) is 0 Å². The third-order valence-electron chi connectivity index (χ3n) is 11.8. The highest BCUT2D eigenvalue weighted by atomic mass is 16.6. The lowest BCUT2D eigenvalue weighted by Gasteiger charge is -2.52. The molecule has 0 aromatic heterocycles. The summed E-state index contributed by atoms with van der Waals surface area (Å²) in [5.74, 6) is -1.05. The van der Waals surface area contributed by atoms with Crippen LogP contribution in [0.4, 0.5) is 4.79 Å². The number of nitrogens with two attached hydrogens (primary N) is 1. The molecule has 1 aliphatic carbocycles. The SMILES string of the molecule is CC(C)(C)OC(=O)N1CCCC(N)(C(=O)N2CCC(C(=O)N3CC=C4C(C)(C)C(c5ccc(C(=O)O)cc5)=CC[C@]4(C)C3)(c3ccccc3)CC2)C1. The van der Waals surface area contributed by atoms with Crippen LogP contribution in [0.2, 0.25) is 0 Å². The highest BCUT2D eigenvalue weighted by molar-refractivity contribution is 5.91. The molecule has 52 heavy (non-hydrogen) atoms. The van der Waals surface area contributed by atoms with Gasteiger partial charge in [0.05, 0.1) is 17.5 Å².